The van der Waals surface area contributed by atoms with Gasteiger partial charge in [-0.1, -0.05) is 11.6 Å². The van der Waals surface area contributed by atoms with Gasteiger partial charge < -0.3 is 5.32 Å². The molecule has 0 saturated heterocycles. The normalized spacial score (nSPS) is 11.2. The van der Waals surface area contributed by atoms with Crippen LogP contribution in [0, 0.1) is 0 Å². The number of anilines is 2. The summed E-state index contributed by atoms with van der Waals surface area (Å²) in [5.41, 5.74) is 1.90. The van der Waals surface area contributed by atoms with E-state index in [-0.39, 0.29) is 6.04 Å². The van der Waals surface area contributed by atoms with E-state index in [1.165, 1.54) is 0 Å². The van der Waals surface area contributed by atoms with Gasteiger partial charge in [0.1, 0.15) is 0 Å². The molecule has 3 aromatic rings. The monoisotopic (exact) mass is 287 g/mol. The Hall–Kier alpha value is -2.14. The number of aromatic nitrogens is 4. The van der Waals surface area contributed by atoms with Crippen molar-refractivity contribution in [2.45, 2.75) is 19.9 Å². The Bertz CT molecular complexity index is 736. The molecular weight excluding hydrogens is 274 g/mol. The van der Waals surface area contributed by atoms with Gasteiger partial charge in [-0.2, -0.15) is 5.10 Å². The minimum Gasteiger partial charge on any atom is -0.324 e. The van der Waals surface area contributed by atoms with Crippen molar-refractivity contribution in [1.29, 1.82) is 0 Å². The number of hydrogen-bond acceptors (Lipinski definition) is 4. The molecule has 2 heterocycles. The second kappa shape index (κ2) is 5.09. The molecule has 0 atom stereocenters. The van der Waals surface area contributed by atoms with Crippen molar-refractivity contribution in [1.82, 2.24) is 19.7 Å². The van der Waals surface area contributed by atoms with Gasteiger partial charge in [-0.05, 0) is 38.1 Å². The van der Waals surface area contributed by atoms with Crippen LogP contribution in [0.1, 0.15) is 19.9 Å². The van der Waals surface area contributed by atoms with E-state index in [0.717, 1.165) is 16.6 Å². The fraction of sp³-hybridized carbons (Fsp3) is 0.214. The van der Waals surface area contributed by atoms with Crippen LogP contribution in [-0.4, -0.2) is 19.7 Å². The summed E-state index contributed by atoms with van der Waals surface area (Å²) in [4.78, 5) is 8.27. The second-order valence-corrected chi connectivity index (χ2v) is 5.12. The van der Waals surface area contributed by atoms with Crippen LogP contribution in [0.2, 0.25) is 5.15 Å². The molecule has 2 aromatic heterocycles. The Morgan fingerprint density at radius 3 is 2.65 bits per heavy atom. The molecule has 1 aromatic carbocycles. The summed E-state index contributed by atoms with van der Waals surface area (Å²) in [7, 11) is 0. The summed E-state index contributed by atoms with van der Waals surface area (Å²) in [5.74, 6) is 0.555. The van der Waals surface area contributed by atoms with Gasteiger partial charge in [-0.25, -0.2) is 9.97 Å². The van der Waals surface area contributed by atoms with Crippen LogP contribution < -0.4 is 5.32 Å². The van der Waals surface area contributed by atoms with E-state index in [1.807, 2.05) is 22.9 Å². The van der Waals surface area contributed by atoms with Crippen molar-refractivity contribution < 1.29 is 0 Å². The highest BCUT2D eigenvalue weighted by atomic mass is 35.5. The first-order valence-corrected chi connectivity index (χ1v) is 6.75. The highest BCUT2D eigenvalue weighted by Crippen LogP contribution is 2.28. The first kappa shape index (κ1) is 12.9. The van der Waals surface area contributed by atoms with Gasteiger partial charge in [-0.3, -0.25) is 4.68 Å². The van der Waals surface area contributed by atoms with Gasteiger partial charge in [0.05, 0.1) is 5.52 Å². The maximum absolute atomic E-state index is 6.21. The maximum Gasteiger partial charge on any atom is 0.227 e. The molecular formula is C14H14ClN5. The molecule has 102 valence electrons. The SMILES string of the molecule is CC(C)n1nc(Cl)c2cc(Nc3ncccn3)ccc21. The van der Waals surface area contributed by atoms with Crippen molar-refractivity contribution in [3.63, 3.8) is 0 Å². The number of rotatable bonds is 3. The predicted octanol–water partition coefficient (Wildman–Crippen LogP) is 3.80. The summed E-state index contributed by atoms with van der Waals surface area (Å²) in [6, 6.07) is 7.97. The number of benzene rings is 1. The summed E-state index contributed by atoms with van der Waals surface area (Å²) >= 11 is 6.21. The molecule has 0 amide bonds. The lowest BCUT2D eigenvalue weighted by atomic mass is 10.2. The van der Waals surface area contributed by atoms with Gasteiger partial charge in [0, 0.05) is 29.5 Å². The number of halogens is 1. The Balaban J connectivity index is 2.01. The third-order valence-corrected chi connectivity index (χ3v) is 3.25. The quantitative estimate of drug-likeness (QED) is 0.796. The predicted molar refractivity (Wildman–Crippen MR) is 80.4 cm³/mol. The largest absolute Gasteiger partial charge is 0.324 e. The highest BCUT2D eigenvalue weighted by Gasteiger charge is 2.11. The van der Waals surface area contributed by atoms with Gasteiger partial charge >= 0.3 is 0 Å². The summed E-state index contributed by atoms with van der Waals surface area (Å²) in [5, 5.41) is 8.93. The fourth-order valence-corrected chi connectivity index (χ4v) is 2.30. The molecule has 0 fully saturated rings. The molecule has 20 heavy (non-hydrogen) atoms. The van der Waals surface area contributed by atoms with Crippen molar-refractivity contribution in [2.75, 3.05) is 5.32 Å². The van der Waals surface area contributed by atoms with E-state index in [1.54, 1.807) is 18.5 Å². The smallest absolute Gasteiger partial charge is 0.227 e. The molecule has 0 bridgehead atoms. The zero-order chi connectivity index (χ0) is 14.1. The van der Waals surface area contributed by atoms with E-state index in [2.05, 4.69) is 34.2 Å². The first-order valence-electron chi connectivity index (χ1n) is 6.37. The van der Waals surface area contributed by atoms with E-state index in [4.69, 9.17) is 11.6 Å². The van der Waals surface area contributed by atoms with Gasteiger partial charge in [0.25, 0.3) is 0 Å². The summed E-state index contributed by atoms with van der Waals surface area (Å²) in [6.07, 6.45) is 3.38. The average molecular weight is 288 g/mol. The van der Waals surface area contributed by atoms with Crippen LogP contribution >= 0.6 is 11.6 Å². The zero-order valence-electron chi connectivity index (χ0n) is 11.2. The average Bonchev–Trinajstić information content (AvgIpc) is 2.77. The second-order valence-electron chi connectivity index (χ2n) is 4.76. The van der Waals surface area contributed by atoms with Crippen LogP contribution in [0.5, 0.6) is 0 Å². The zero-order valence-corrected chi connectivity index (χ0v) is 12.0. The lowest BCUT2D eigenvalue weighted by molar-refractivity contribution is 0.551. The summed E-state index contributed by atoms with van der Waals surface area (Å²) in [6.45, 7) is 4.15. The van der Waals surface area contributed by atoms with Crippen LogP contribution in [0.3, 0.4) is 0 Å². The molecule has 1 N–H and O–H groups in total. The number of nitrogens with zero attached hydrogens (tertiary/aromatic N) is 4. The molecule has 0 aliphatic heterocycles. The van der Waals surface area contributed by atoms with Crippen LogP contribution in [0.15, 0.2) is 36.7 Å². The number of nitrogens with one attached hydrogen (secondary N) is 1. The Labute approximate surface area is 121 Å². The summed E-state index contributed by atoms with van der Waals surface area (Å²) < 4.78 is 1.92. The standard InChI is InChI=1S/C14H14ClN5/c1-9(2)20-12-5-4-10(8-11(12)13(15)19-20)18-14-16-6-3-7-17-14/h3-9H,1-2H3,(H,16,17,18). The Morgan fingerprint density at radius 2 is 1.95 bits per heavy atom. The van der Waals surface area contributed by atoms with E-state index < -0.39 is 0 Å². The van der Waals surface area contributed by atoms with Gasteiger partial charge in [-0.15, -0.1) is 0 Å². The third-order valence-electron chi connectivity index (χ3n) is 2.97. The first-order chi connectivity index (χ1) is 9.65. The van der Waals surface area contributed by atoms with E-state index in [0.29, 0.717) is 11.1 Å². The Kier molecular flexibility index (Phi) is 3.28. The third kappa shape index (κ3) is 2.32. The van der Waals surface area contributed by atoms with E-state index >= 15 is 0 Å². The van der Waals surface area contributed by atoms with Crippen molar-refractivity contribution in [3.8, 4) is 0 Å². The molecule has 6 heteroatoms. The van der Waals surface area contributed by atoms with Gasteiger partial charge in [0.2, 0.25) is 5.95 Å². The molecule has 0 radical (unpaired) electrons. The van der Waals surface area contributed by atoms with Crippen molar-refractivity contribution in [3.05, 3.63) is 41.8 Å². The molecule has 5 nitrogen and oxygen atoms in total. The minimum atomic E-state index is 0.265. The molecule has 0 unspecified atom stereocenters. The molecule has 0 aliphatic rings. The molecule has 0 spiro atoms. The molecule has 0 saturated carbocycles. The maximum atomic E-state index is 6.21. The lowest BCUT2D eigenvalue weighted by Crippen LogP contribution is -2.02. The Morgan fingerprint density at radius 1 is 1.20 bits per heavy atom. The highest BCUT2D eigenvalue weighted by molar-refractivity contribution is 6.34. The van der Waals surface area contributed by atoms with Crippen LogP contribution in [0.25, 0.3) is 10.9 Å². The minimum absolute atomic E-state index is 0.265. The van der Waals surface area contributed by atoms with Crippen LogP contribution in [0.4, 0.5) is 11.6 Å². The molecule has 0 aliphatic carbocycles. The lowest BCUT2D eigenvalue weighted by Gasteiger charge is -2.08. The number of hydrogen-bond donors (Lipinski definition) is 1. The van der Waals surface area contributed by atoms with Crippen LogP contribution in [-0.2, 0) is 0 Å². The van der Waals surface area contributed by atoms with Gasteiger partial charge in [0.15, 0.2) is 5.15 Å². The topological polar surface area (TPSA) is 55.6 Å². The molecule has 3 rings (SSSR count). The van der Waals surface area contributed by atoms with Crippen molar-refractivity contribution in [2.24, 2.45) is 0 Å². The van der Waals surface area contributed by atoms with E-state index in [9.17, 15) is 0 Å². The fourth-order valence-electron chi connectivity index (χ4n) is 2.07. The number of fused-ring (bicyclic) bond motifs is 1. The van der Waals surface area contributed by atoms with Crippen molar-refractivity contribution >= 4 is 34.1 Å².